The van der Waals surface area contributed by atoms with E-state index >= 15 is 0 Å². The Labute approximate surface area is 212 Å². The van der Waals surface area contributed by atoms with Crippen LogP contribution in [0.15, 0.2) is 12.2 Å². The van der Waals surface area contributed by atoms with Crippen LogP contribution in [0, 0.1) is 57.2 Å². The maximum Gasteiger partial charge on any atom is 0.309 e. The summed E-state index contributed by atoms with van der Waals surface area (Å²) in [5.74, 6) is 2.27. The molecule has 10 atom stereocenters. The molecule has 0 aromatic carbocycles. The number of hydrogen-bond donors (Lipinski definition) is 1. The first-order chi connectivity index (χ1) is 16.3. The third-order valence-corrected chi connectivity index (χ3v) is 12.9. The molecule has 4 heteroatoms. The molecule has 0 spiro atoms. The van der Waals surface area contributed by atoms with E-state index in [9.17, 15) is 14.7 Å². The summed E-state index contributed by atoms with van der Waals surface area (Å²) in [4.78, 5) is 24.6. The molecule has 5 fully saturated rings. The van der Waals surface area contributed by atoms with Crippen LogP contribution in [0.3, 0.4) is 0 Å². The summed E-state index contributed by atoms with van der Waals surface area (Å²) < 4.78 is 5.86. The van der Waals surface area contributed by atoms with Gasteiger partial charge in [0.1, 0.15) is 6.10 Å². The summed E-state index contributed by atoms with van der Waals surface area (Å²) in [6.45, 7) is 17.8. The van der Waals surface area contributed by atoms with Crippen molar-refractivity contribution in [3.63, 3.8) is 0 Å². The molecule has 4 nitrogen and oxygen atoms in total. The molecular formula is C31H48O4. The number of carboxylic acids is 1. The lowest BCUT2D eigenvalue weighted by atomic mass is 9.36. The fraction of sp³-hybridized carbons (Fsp3) is 0.871. The van der Waals surface area contributed by atoms with E-state index in [-0.39, 0.29) is 34.2 Å². The van der Waals surface area contributed by atoms with E-state index in [0.29, 0.717) is 29.6 Å². The van der Waals surface area contributed by atoms with Crippen molar-refractivity contribution in [1.29, 1.82) is 0 Å². The van der Waals surface area contributed by atoms with Gasteiger partial charge in [0.05, 0.1) is 5.41 Å². The van der Waals surface area contributed by atoms with Gasteiger partial charge in [0.25, 0.3) is 0 Å². The van der Waals surface area contributed by atoms with Gasteiger partial charge in [0.2, 0.25) is 0 Å². The van der Waals surface area contributed by atoms with Gasteiger partial charge in [-0.15, -0.1) is 0 Å². The first-order valence-corrected chi connectivity index (χ1v) is 14.3. The van der Waals surface area contributed by atoms with Crippen molar-refractivity contribution >= 4 is 11.9 Å². The molecule has 5 saturated carbocycles. The minimum atomic E-state index is -0.543. The lowest BCUT2D eigenvalue weighted by molar-refractivity contribution is -0.223. The van der Waals surface area contributed by atoms with Gasteiger partial charge in [-0.05, 0) is 117 Å². The summed E-state index contributed by atoms with van der Waals surface area (Å²) in [6.07, 6.45) is 10.7. The molecule has 0 radical (unpaired) electrons. The molecule has 1 N–H and O–H groups in total. The molecule has 0 aliphatic heterocycles. The van der Waals surface area contributed by atoms with Crippen LogP contribution >= 0.6 is 0 Å². The SMILES string of the molecule is C=C(C)C1CCC2(C(=O)O)CCC3C(CCC4C3(C)CCC3C(C)(C)C(OC(C)=O)CCC34C)C12. The summed E-state index contributed by atoms with van der Waals surface area (Å²) in [7, 11) is 0. The van der Waals surface area contributed by atoms with Crippen LogP contribution < -0.4 is 0 Å². The van der Waals surface area contributed by atoms with E-state index in [4.69, 9.17) is 4.74 Å². The van der Waals surface area contributed by atoms with Crippen LogP contribution in [0.25, 0.3) is 0 Å². The maximum atomic E-state index is 12.7. The highest BCUT2D eigenvalue weighted by Gasteiger charge is 2.68. The number of fused-ring (bicyclic) bond motifs is 7. The Bertz CT molecular complexity index is 921. The zero-order chi connectivity index (χ0) is 25.6. The molecule has 0 bridgehead atoms. The zero-order valence-corrected chi connectivity index (χ0v) is 23.0. The van der Waals surface area contributed by atoms with Crippen molar-refractivity contribution in [3.05, 3.63) is 12.2 Å². The molecule has 0 amide bonds. The fourth-order valence-electron chi connectivity index (χ4n) is 11.6. The molecule has 0 aromatic rings. The normalized spacial score (nSPS) is 50.2. The average Bonchev–Trinajstić information content (AvgIpc) is 3.17. The lowest BCUT2D eigenvalue weighted by Gasteiger charge is -2.69. The standard InChI is InChI=1S/C31H48O4/c1-18(2)20-10-16-31(27(33)34)17-11-22-21(26(20)31)8-9-24-29(22,6)14-12-23-28(4,5)25(35-19(3)32)13-15-30(23,24)7/h20-26H,1,8-17H2,2-7H3,(H,33,34). The van der Waals surface area contributed by atoms with Gasteiger partial charge in [-0.25, -0.2) is 0 Å². The number of esters is 1. The molecular weight excluding hydrogens is 436 g/mol. The van der Waals surface area contributed by atoms with Gasteiger partial charge >= 0.3 is 11.9 Å². The van der Waals surface area contributed by atoms with Crippen LogP contribution in [0.2, 0.25) is 0 Å². The molecule has 0 heterocycles. The number of carboxylic acid groups (broad SMARTS) is 1. The highest BCUT2D eigenvalue weighted by atomic mass is 16.5. The lowest BCUT2D eigenvalue weighted by Crippen LogP contribution is -2.64. The zero-order valence-electron chi connectivity index (χ0n) is 23.0. The molecule has 35 heavy (non-hydrogen) atoms. The van der Waals surface area contributed by atoms with Gasteiger partial charge in [-0.3, -0.25) is 9.59 Å². The van der Waals surface area contributed by atoms with Crippen LogP contribution in [-0.2, 0) is 14.3 Å². The largest absolute Gasteiger partial charge is 0.481 e. The first-order valence-electron chi connectivity index (χ1n) is 14.3. The number of carbonyl (C=O) groups is 2. The Kier molecular flexibility index (Phi) is 5.85. The van der Waals surface area contributed by atoms with Gasteiger partial charge in [-0.1, -0.05) is 39.8 Å². The van der Waals surface area contributed by atoms with E-state index < -0.39 is 11.4 Å². The Morgan fingerprint density at radius 3 is 2.11 bits per heavy atom. The summed E-state index contributed by atoms with van der Waals surface area (Å²) in [6, 6.07) is 0. The molecule has 5 rings (SSSR count). The van der Waals surface area contributed by atoms with E-state index in [2.05, 4.69) is 41.2 Å². The topological polar surface area (TPSA) is 63.6 Å². The third-order valence-electron chi connectivity index (χ3n) is 12.9. The number of allylic oxidation sites excluding steroid dienone is 1. The number of hydrogen-bond acceptors (Lipinski definition) is 3. The monoisotopic (exact) mass is 484 g/mol. The molecule has 5 aliphatic carbocycles. The smallest absolute Gasteiger partial charge is 0.309 e. The van der Waals surface area contributed by atoms with Crippen LogP contribution in [0.4, 0.5) is 0 Å². The van der Waals surface area contributed by atoms with E-state index in [0.717, 1.165) is 38.5 Å². The highest BCUT2D eigenvalue weighted by Crippen LogP contribution is 2.73. The summed E-state index contributed by atoms with van der Waals surface area (Å²) >= 11 is 0. The summed E-state index contributed by atoms with van der Waals surface area (Å²) in [5, 5.41) is 10.5. The Morgan fingerprint density at radius 1 is 0.829 bits per heavy atom. The second-order valence-electron chi connectivity index (χ2n) is 14.5. The number of rotatable bonds is 3. The van der Waals surface area contributed by atoms with Gasteiger partial charge in [-0.2, -0.15) is 0 Å². The Hall–Kier alpha value is -1.32. The van der Waals surface area contributed by atoms with Crippen molar-refractivity contribution in [2.45, 2.75) is 112 Å². The van der Waals surface area contributed by atoms with Gasteiger partial charge in [0.15, 0.2) is 0 Å². The molecule has 0 aromatic heterocycles. The molecule has 10 unspecified atom stereocenters. The van der Waals surface area contributed by atoms with Crippen LogP contribution in [0.1, 0.15) is 106 Å². The number of carbonyl (C=O) groups excluding carboxylic acids is 1. The van der Waals surface area contributed by atoms with E-state index in [1.807, 2.05) is 0 Å². The molecule has 196 valence electrons. The van der Waals surface area contributed by atoms with Crippen molar-refractivity contribution in [1.82, 2.24) is 0 Å². The van der Waals surface area contributed by atoms with Crippen LogP contribution in [0.5, 0.6) is 0 Å². The highest BCUT2D eigenvalue weighted by molar-refractivity contribution is 5.76. The van der Waals surface area contributed by atoms with Gasteiger partial charge in [0, 0.05) is 12.3 Å². The summed E-state index contributed by atoms with van der Waals surface area (Å²) in [5.41, 5.74) is 1.18. The fourth-order valence-corrected chi connectivity index (χ4v) is 11.6. The second-order valence-corrected chi connectivity index (χ2v) is 14.5. The second kappa shape index (κ2) is 8.09. The number of ether oxygens (including phenoxy) is 1. The first kappa shape index (κ1) is 25.3. The van der Waals surface area contributed by atoms with Crippen LogP contribution in [-0.4, -0.2) is 23.1 Å². The maximum absolute atomic E-state index is 12.7. The molecule has 5 aliphatic rings. The Balaban J connectivity index is 1.48. The Morgan fingerprint density at radius 2 is 1.49 bits per heavy atom. The van der Waals surface area contributed by atoms with Crippen molar-refractivity contribution in [3.8, 4) is 0 Å². The van der Waals surface area contributed by atoms with E-state index in [1.165, 1.54) is 31.3 Å². The average molecular weight is 485 g/mol. The van der Waals surface area contributed by atoms with E-state index in [1.54, 1.807) is 6.92 Å². The van der Waals surface area contributed by atoms with Crippen molar-refractivity contribution < 1.29 is 19.4 Å². The third kappa shape index (κ3) is 3.36. The predicted molar refractivity (Wildman–Crippen MR) is 138 cm³/mol. The minimum Gasteiger partial charge on any atom is -0.481 e. The van der Waals surface area contributed by atoms with Crippen molar-refractivity contribution in [2.24, 2.45) is 57.2 Å². The quantitative estimate of drug-likeness (QED) is 0.338. The molecule has 0 saturated heterocycles. The number of aliphatic carboxylic acids is 1. The van der Waals surface area contributed by atoms with Crippen molar-refractivity contribution in [2.75, 3.05) is 0 Å². The predicted octanol–water partition coefficient (Wildman–Crippen LogP) is 7.27. The minimum absolute atomic E-state index is 0.0134. The van der Waals surface area contributed by atoms with Gasteiger partial charge < -0.3 is 9.84 Å².